The number of aromatic nitrogens is 2. The van der Waals surface area contributed by atoms with Gasteiger partial charge in [0.1, 0.15) is 0 Å². The number of nitrogens with one attached hydrogen (secondary N) is 3. The lowest BCUT2D eigenvalue weighted by atomic mass is 10.1. The number of esters is 1. The predicted octanol–water partition coefficient (Wildman–Crippen LogP) is 2.42. The number of hydrazine groups is 1. The zero-order valence-corrected chi connectivity index (χ0v) is 17.2. The Balaban J connectivity index is 2.17. The monoisotopic (exact) mass is 454 g/mol. The van der Waals surface area contributed by atoms with Crippen LogP contribution in [0, 0.1) is 11.3 Å². The highest BCUT2D eigenvalue weighted by Crippen LogP contribution is 2.38. The molecule has 0 bridgehead atoms. The summed E-state index contributed by atoms with van der Waals surface area (Å²) in [6, 6.07) is 4.30. The second-order valence-corrected chi connectivity index (χ2v) is 6.90. The Labute approximate surface area is 180 Å². The molecule has 0 aliphatic heterocycles. The van der Waals surface area contributed by atoms with Gasteiger partial charge in [0, 0.05) is 11.6 Å². The van der Waals surface area contributed by atoms with Crippen LogP contribution in [0.4, 0.5) is 10.5 Å². The molecule has 2 rings (SSSR count). The average Bonchev–Trinajstić information content (AvgIpc) is 2.65. The van der Waals surface area contributed by atoms with Crippen molar-refractivity contribution in [2.75, 3.05) is 5.43 Å². The molecule has 0 spiro atoms. The van der Waals surface area contributed by atoms with Crippen LogP contribution in [-0.4, -0.2) is 28.3 Å². The summed E-state index contributed by atoms with van der Waals surface area (Å²) in [4.78, 5) is 33.9. The summed E-state index contributed by atoms with van der Waals surface area (Å²) in [6.45, 7) is 3.69. The lowest BCUT2D eigenvalue weighted by molar-refractivity contribution is -0.137. The smallest absolute Gasteiger partial charge is 0.412 e. The molecular formula is C17H16Cl2N6O5. The Kier molecular flexibility index (Phi) is 7.60. The number of anilines is 1. The van der Waals surface area contributed by atoms with Crippen LogP contribution in [0.2, 0.25) is 10.0 Å². The number of hydrogen-bond acceptors (Lipinski definition) is 9. The van der Waals surface area contributed by atoms with Crippen molar-refractivity contribution in [2.24, 2.45) is 5.73 Å². The number of carbonyl (C=O) groups is 2. The highest BCUT2D eigenvalue weighted by Gasteiger charge is 2.21. The van der Waals surface area contributed by atoms with E-state index in [0.717, 1.165) is 0 Å². The molecule has 2 aromatic rings. The van der Waals surface area contributed by atoms with E-state index in [9.17, 15) is 14.4 Å². The molecule has 1 aromatic heterocycles. The molecule has 1 unspecified atom stereocenters. The van der Waals surface area contributed by atoms with Crippen molar-refractivity contribution in [3.05, 3.63) is 44.2 Å². The van der Waals surface area contributed by atoms with Crippen LogP contribution in [-0.2, 0) is 9.53 Å². The van der Waals surface area contributed by atoms with E-state index in [1.807, 2.05) is 13.8 Å². The molecule has 0 aliphatic rings. The maximum Gasteiger partial charge on any atom is 0.412 e. The fourth-order valence-corrected chi connectivity index (χ4v) is 2.74. The van der Waals surface area contributed by atoms with Gasteiger partial charge in [0.05, 0.1) is 21.8 Å². The van der Waals surface area contributed by atoms with Crippen molar-refractivity contribution < 1.29 is 19.1 Å². The minimum absolute atomic E-state index is 0.0583. The Morgan fingerprint density at radius 2 is 1.90 bits per heavy atom. The Morgan fingerprint density at radius 1 is 1.27 bits per heavy atom. The summed E-state index contributed by atoms with van der Waals surface area (Å²) in [5.41, 5.74) is 10.0. The van der Waals surface area contributed by atoms with Crippen LogP contribution in [0.5, 0.6) is 11.6 Å². The molecule has 1 aromatic carbocycles. The van der Waals surface area contributed by atoms with Crippen LogP contribution in [0.25, 0.3) is 0 Å². The van der Waals surface area contributed by atoms with Crippen LogP contribution in [0.3, 0.4) is 0 Å². The van der Waals surface area contributed by atoms with E-state index in [1.165, 1.54) is 18.2 Å². The van der Waals surface area contributed by atoms with Gasteiger partial charge in [-0.3, -0.25) is 4.79 Å². The summed E-state index contributed by atoms with van der Waals surface area (Å²) in [7, 11) is 0. The molecule has 158 valence electrons. The van der Waals surface area contributed by atoms with Gasteiger partial charge in [0.2, 0.25) is 11.9 Å². The predicted molar refractivity (Wildman–Crippen MR) is 107 cm³/mol. The third-order valence-corrected chi connectivity index (χ3v) is 4.12. The van der Waals surface area contributed by atoms with Gasteiger partial charge >= 0.3 is 12.1 Å². The van der Waals surface area contributed by atoms with Crippen molar-refractivity contribution in [3.63, 3.8) is 0 Å². The van der Waals surface area contributed by atoms with E-state index >= 15 is 0 Å². The Morgan fingerprint density at radius 3 is 2.43 bits per heavy atom. The quantitative estimate of drug-likeness (QED) is 0.278. The first-order valence-electron chi connectivity index (χ1n) is 8.31. The van der Waals surface area contributed by atoms with Crippen molar-refractivity contribution in [1.29, 1.82) is 5.26 Å². The molecule has 0 aliphatic carbocycles. The number of nitrogens with two attached hydrogens (primary N) is 1. The molecule has 5 N–H and O–H groups in total. The van der Waals surface area contributed by atoms with Gasteiger partial charge in [-0.1, -0.05) is 37.0 Å². The number of ether oxygens (including phenoxy) is 2. The number of amides is 1. The number of H-pyrrole nitrogens is 1. The Hall–Kier alpha value is -3.33. The van der Waals surface area contributed by atoms with E-state index in [-0.39, 0.29) is 38.8 Å². The number of benzene rings is 1. The first-order chi connectivity index (χ1) is 14.1. The van der Waals surface area contributed by atoms with Gasteiger partial charge in [-0.15, -0.1) is 5.10 Å². The summed E-state index contributed by atoms with van der Waals surface area (Å²) < 4.78 is 9.73. The zero-order valence-electron chi connectivity index (χ0n) is 15.7. The highest BCUT2D eigenvalue weighted by atomic mass is 35.5. The van der Waals surface area contributed by atoms with Crippen molar-refractivity contribution in [2.45, 2.75) is 25.8 Å². The number of aromatic amines is 1. The molecule has 0 fully saturated rings. The molecule has 11 nitrogen and oxygen atoms in total. The first-order valence-corrected chi connectivity index (χ1v) is 9.06. The standard InChI is InChI=1S/C17H16Cl2N6O5/c1-7(2)9-5-13(24-25-15(9)26)29-14-10(18)3-8(4-11(14)19)22-23-12(6-20)16(27)30-17(21)28/h3-5,7,12,22-23H,1-2H3,(H2,21,28)(H,25,26). The molecule has 1 heterocycles. The largest absolute Gasteiger partial charge is 0.434 e. The third-order valence-electron chi connectivity index (χ3n) is 3.56. The van der Waals surface area contributed by atoms with E-state index in [0.29, 0.717) is 5.56 Å². The summed E-state index contributed by atoms with van der Waals surface area (Å²) >= 11 is 12.4. The zero-order chi connectivity index (χ0) is 22.4. The van der Waals surface area contributed by atoms with Crippen molar-refractivity contribution in [1.82, 2.24) is 15.6 Å². The third kappa shape index (κ3) is 5.84. The second-order valence-electron chi connectivity index (χ2n) is 6.09. The number of rotatable bonds is 7. The van der Waals surface area contributed by atoms with Gasteiger partial charge in [-0.25, -0.2) is 20.1 Å². The molecule has 1 atom stereocenters. The normalized spacial score (nSPS) is 11.5. The number of nitriles is 1. The lowest BCUT2D eigenvalue weighted by Crippen LogP contribution is -2.41. The maximum absolute atomic E-state index is 11.8. The van der Waals surface area contributed by atoms with Crippen molar-refractivity contribution >= 4 is 41.0 Å². The maximum atomic E-state index is 11.8. The number of halogens is 2. The summed E-state index contributed by atoms with van der Waals surface area (Å²) in [5.74, 6) is -1.10. The van der Waals surface area contributed by atoms with E-state index in [4.69, 9.17) is 38.9 Å². The lowest BCUT2D eigenvalue weighted by Gasteiger charge is -2.15. The summed E-state index contributed by atoms with van der Waals surface area (Å²) in [6.07, 6.45) is -1.34. The molecular weight excluding hydrogens is 439 g/mol. The molecule has 30 heavy (non-hydrogen) atoms. The van der Waals surface area contributed by atoms with Gasteiger partial charge in [-0.05, 0) is 18.1 Å². The SMILES string of the molecule is CC(C)c1cc(Oc2c(Cl)cc(NNC(C#N)C(=O)OC(N)=O)cc2Cl)n[nH]c1=O. The van der Waals surface area contributed by atoms with E-state index in [2.05, 4.69) is 25.8 Å². The number of hydrogen-bond donors (Lipinski definition) is 4. The molecule has 0 radical (unpaired) electrons. The summed E-state index contributed by atoms with van der Waals surface area (Å²) in [5, 5.41) is 15.3. The van der Waals surface area contributed by atoms with Gasteiger partial charge < -0.3 is 20.6 Å². The van der Waals surface area contributed by atoms with Gasteiger partial charge in [0.15, 0.2) is 5.75 Å². The molecule has 0 saturated carbocycles. The second kappa shape index (κ2) is 9.93. The van der Waals surface area contributed by atoms with Crippen LogP contribution in [0.15, 0.2) is 23.0 Å². The minimum Gasteiger partial charge on any atom is -0.434 e. The van der Waals surface area contributed by atoms with E-state index in [1.54, 1.807) is 6.07 Å². The van der Waals surface area contributed by atoms with Crippen LogP contribution < -0.4 is 26.9 Å². The van der Waals surface area contributed by atoms with Gasteiger partial charge in [-0.2, -0.15) is 5.26 Å². The number of primary amides is 1. The highest BCUT2D eigenvalue weighted by molar-refractivity contribution is 6.37. The van der Waals surface area contributed by atoms with E-state index < -0.39 is 18.1 Å². The molecule has 1 amide bonds. The first kappa shape index (κ1) is 23.0. The van der Waals surface area contributed by atoms with Gasteiger partial charge in [0.25, 0.3) is 5.56 Å². The molecule has 0 saturated heterocycles. The van der Waals surface area contributed by atoms with Crippen LogP contribution >= 0.6 is 23.2 Å². The molecule has 13 heteroatoms. The Bertz CT molecular complexity index is 1040. The van der Waals surface area contributed by atoms with Crippen LogP contribution in [0.1, 0.15) is 25.3 Å². The minimum atomic E-state index is -1.54. The fourth-order valence-electron chi connectivity index (χ4n) is 2.17. The topological polar surface area (TPSA) is 172 Å². The van der Waals surface area contributed by atoms with Crippen molar-refractivity contribution in [3.8, 4) is 17.7 Å². The number of nitrogens with zero attached hydrogens (tertiary/aromatic N) is 2. The number of carbonyl (C=O) groups excluding carboxylic acids is 2. The average molecular weight is 455 g/mol. The fraction of sp³-hybridized carbons (Fsp3) is 0.235.